The second-order valence-electron chi connectivity index (χ2n) is 5.99. The van der Waals surface area contributed by atoms with Gasteiger partial charge in [0.1, 0.15) is 11.3 Å². The number of imidazole rings is 1. The zero-order valence-corrected chi connectivity index (χ0v) is 13.6. The lowest BCUT2D eigenvalue weighted by Crippen LogP contribution is -2.26. The van der Waals surface area contributed by atoms with Crippen molar-refractivity contribution in [2.75, 3.05) is 0 Å². The number of nitrogens with zero attached hydrogens (tertiary/aromatic N) is 2. The quantitative estimate of drug-likeness (QED) is 0.605. The highest BCUT2D eigenvalue weighted by Gasteiger charge is 2.10. The number of hydrogen-bond donors (Lipinski definition) is 2. The van der Waals surface area contributed by atoms with E-state index in [-0.39, 0.29) is 23.7 Å². The molecule has 0 aliphatic heterocycles. The number of hydrogen-bond acceptors (Lipinski definition) is 3. The van der Waals surface area contributed by atoms with Crippen molar-refractivity contribution in [1.82, 2.24) is 19.7 Å². The van der Waals surface area contributed by atoms with E-state index < -0.39 is 0 Å². The van der Waals surface area contributed by atoms with Gasteiger partial charge in [-0.1, -0.05) is 24.3 Å². The van der Waals surface area contributed by atoms with Gasteiger partial charge in [0.15, 0.2) is 0 Å². The molecule has 0 radical (unpaired) electrons. The number of benzene rings is 1. The maximum atomic E-state index is 12.4. The molecular formula is C19H16N4O2. The Hall–Kier alpha value is -3.41. The summed E-state index contributed by atoms with van der Waals surface area (Å²) in [4.78, 5) is 31.5. The van der Waals surface area contributed by atoms with Crippen LogP contribution in [0.15, 0.2) is 59.7 Å². The molecule has 3 aromatic heterocycles. The van der Waals surface area contributed by atoms with Crippen LogP contribution in [0.5, 0.6) is 0 Å². The van der Waals surface area contributed by atoms with Crippen molar-refractivity contribution in [3.8, 4) is 0 Å². The van der Waals surface area contributed by atoms with Gasteiger partial charge >= 0.3 is 0 Å². The first-order chi connectivity index (χ1) is 12.1. The molecule has 1 amide bonds. The number of fused-ring (bicyclic) bond motifs is 2. The standard InChI is InChI=1S/C19H16N4O2/c1-12-6-7-17-21-14(11-23(17)10-12)9-20-19(25)16-8-13-4-2-3-5-15(13)18(24)22-16/h2-8,10-11H,9H2,1H3,(H,20,25)(H,22,24). The third-order valence-electron chi connectivity index (χ3n) is 4.08. The van der Waals surface area contributed by atoms with E-state index in [4.69, 9.17) is 0 Å². The fourth-order valence-corrected chi connectivity index (χ4v) is 2.84. The molecule has 124 valence electrons. The van der Waals surface area contributed by atoms with Gasteiger partial charge in [0, 0.05) is 17.8 Å². The molecule has 6 heteroatoms. The highest BCUT2D eigenvalue weighted by Crippen LogP contribution is 2.10. The Labute approximate surface area is 143 Å². The molecule has 0 saturated carbocycles. The van der Waals surface area contributed by atoms with E-state index >= 15 is 0 Å². The second-order valence-corrected chi connectivity index (χ2v) is 5.99. The van der Waals surface area contributed by atoms with E-state index in [1.165, 1.54) is 0 Å². The molecule has 6 nitrogen and oxygen atoms in total. The van der Waals surface area contributed by atoms with Crippen molar-refractivity contribution in [2.24, 2.45) is 0 Å². The Morgan fingerprint density at radius 1 is 1.20 bits per heavy atom. The zero-order valence-electron chi connectivity index (χ0n) is 13.6. The first-order valence-corrected chi connectivity index (χ1v) is 7.95. The number of amides is 1. The summed E-state index contributed by atoms with van der Waals surface area (Å²) >= 11 is 0. The fourth-order valence-electron chi connectivity index (χ4n) is 2.84. The molecule has 0 saturated heterocycles. The largest absolute Gasteiger partial charge is 0.345 e. The summed E-state index contributed by atoms with van der Waals surface area (Å²) in [6, 6.07) is 12.8. The smallest absolute Gasteiger partial charge is 0.268 e. The lowest BCUT2D eigenvalue weighted by Gasteiger charge is -2.04. The minimum Gasteiger partial charge on any atom is -0.345 e. The molecule has 4 rings (SSSR count). The lowest BCUT2D eigenvalue weighted by atomic mass is 10.1. The molecule has 0 unspecified atom stereocenters. The van der Waals surface area contributed by atoms with Crippen LogP contribution in [0.25, 0.3) is 16.4 Å². The van der Waals surface area contributed by atoms with Crippen molar-refractivity contribution in [3.63, 3.8) is 0 Å². The van der Waals surface area contributed by atoms with E-state index in [1.54, 1.807) is 18.2 Å². The van der Waals surface area contributed by atoms with E-state index in [0.717, 1.165) is 22.3 Å². The molecule has 0 aliphatic rings. The molecule has 0 aliphatic carbocycles. The van der Waals surface area contributed by atoms with E-state index in [1.807, 2.05) is 48.0 Å². The van der Waals surface area contributed by atoms with Gasteiger partial charge in [0.05, 0.1) is 12.2 Å². The maximum absolute atomic E-state index is 12.4. The van der Waals surface area contributed by atoms with Gasteiger partial charge in [-0.15, -0.1) is 0 Å². The van der Waals surface area contributed by atoms with Crippen LogP contribution in [0.1, 0.15) is 21.7 Å². The summed E-state index contributed by atoms with van der Waals surface area (Å²) in [5.41, 5.74) is 2.68. The number of aromatic nitrogens is 3. The third kappa shape index (κ3) is 2.89. The number of pyridine rings is 2. The lowest BCUT2D eigenvalue weighted by molar-refractivity contribution is 0.0945. The van der Waals surface area contributed by atoms with Crippen LogP contribution in [-0.4, -0.2) is 20.3 Å². The summed E-state index contributed by atoms with van der Waals surface area (Å²) in [7, 11) is 0. The van der Waals surface area contributed by atoms with Crippen LogP contribution in [0.2, 0.25) is 0 Å². The SMILES string of the molecule is Cc1ccc2nc(CNC(=O)c3cc4ccccc4c(=O)[nH]3)cn2c1. The molecule has 3 heterocycles. The number of nitrogens with one attached hydrogen (secondary N) is 2. The normalized spacial score (nSPS) is 11.1. The van der Waals surface area contributed by atoms with E-state index in [0.29, 0.717) is 5.39 Å². The maximum Gasteiger partial charge on any atom is 0.268 e. The average molecular weight is 332 g/mol. The monoisotopic (exact) mass is 332 g/mol. The molecule has 0 atom stereocenters. The predicted octanol–water partition coefficient (Wildman–Crippen LogP) is 2.41. The molecule has 0 bridgehead atoms. The molecule has 4 aromatic rings. The van der Waals surface area contributed by atoms with Crippen LogP contribution in [0.3, 0.4) is 0 Å². The van der Waals surface area contributed by atoms with Crippen molar-refractivity contribution < 1.29 is 4.79 Å². The Morgan fingerprint density at radius 3 is 2.92 bits per heavy atom. The summed E-state index contributed by atoms with van der Waals surface area (Å²) in [6.45, 7) is 2.30. The van der Waals surface area contributed by atoms with Crippen molar-refractivity contribution >= 4 is 22.3 Å². The van der Waals surface area contributed by atoms with Crippen molar-refractivity contribution in [1.29, 1.82) is 0 Å². The van der Waals surface area contributed by atoms with Gasteiger partial charge in [0.25, 0.3) is 11.5 Å². The van der Waals surface area contributed by atoms with Gasteiger partial charge in [-0.25, -0.2) is 4.98 Å². The van der Waals surface area contributed by atoms with E-state index in [2.05, 4.69) is 15.3 Å². The molecule has 0 fully saturated rings. The second kappa shape index (κ2) is 5.90. The van der Waals surface area contributed by atoms with Crippen molar-refractivity contribution in [3.05, 3.63) is 82.2 Å². The molecular weight excluding hydrogens is 316 g/mol. The highest BCUT2D eigenvalue weighted by atomic mass is 16.2. The van der Waals surface area contributed by atoms with E-state index in [9.17, 15) is 9.59 Å². The Balaban J connectivity index is 1.56. The molecule has 1 aromatic carbocycles. The molecule has 0 spiro atoms. The minimum absolute atomic E-state index is 0.239. The summed E-state index contributed by atoms with van der Waals surface area (Å²) < 4.78 is 1.93. The van der Waals surface area contributed by atoms with Crippen molar-refractivity contribution in [2.45, 2.75) is 13.5 Å². The van der Waals surface area contributed by atoms with Crippen LogP contribution < -0.4 is 10.9 Å². The molecule has 25 heavy (non-hydrogen) atoms. The number of H-pyrrole nitrogens is 1. The fraction of sp³-hybridized carbons (Fsp3) is 0.105. The zero-order chi connectivity index (χ0) is 17.4. The predicted molar refractivity (Wildman–Crippen MR) is 95.7 cm³/mol. The summed E-state index contributed by atoms with van der Waals surface area (Å²) in [5, 5.41) is 4.10. The Kier molecular flexibility index (Phi) is 3.57. The van der Waals surface area contributed by atoms with Crippen LogP contribution in [-0.2, 0) is 6.54 Å². The number of aryl methyl sites for hydroxylation is 1. The number of carbonyl (C=O) groups is 1. The van der Waals surface area contributed by atoms with Gasteiger partial charge in [-0.05, 0) is 36.1 Å². The first kappa shape index (κ1) is 15.1. The van der Waals surface area contributed by atoms with Crippen LogP contribution in [0, 0.1) is 6.92 Å². The minimum atomic E-state index is -0.337. The summed E-state index contributed by atoms with van der Waals surface area (Å²) in [6.07, 6.45) is 3.86. The first-order valence-electron chi connectivity index (χ1n) is 7.95. The Morgan fingerprint density at radius 2 is 2.04 bits per heavy atom. The van der Waals surface area contributed by atoms with Gasteiger partial charge in [-0.3, -0.25) is 9.59 Å². The summed E-state index contributed by atoms with van der Waals surface area (Å²) in [5.74, 6) is -0.337. The number of carbonyl (C=O) groups excluding carboxylic acids is 1. The van der Waals surface area contributed by atoms with Gasteiger partial charge in [0.2, 0.25) is 0 Å². The van der Waals surface area contributed by atoms with Crippen LogP contribution >= 0.6 is 0 Å². The average Bonchev–Trinajstić information content (AvgIpc) is 3.01. The third-order valence-corrected chi connectivity index (χ3v) is 4.08. The topological polar surface area (TPSA) is 79.3 Å². The Bertz CT molecular complexity index is 1160. The number of aromatic amines is 1. The number of rotatable bonds is 3. The van der Waals surface area contributed by atoms with Gasteiger partial charge < -0.3 is 14.7 Å². The van der Waals surface area contributed by atoms with Crippen LogP contribution in [0.4, 0.5) is 0 Å². The highest BCUT2D eigenvalue weighted by molar-refractivity contribution is 5.96. The molecule has 2 N–H and O–H groups in total. The van der Waals surface area contributed by atoms with Gasteiger partial charge in [-0.2, -0.15) is 0 Å².